The van der Waals surface area contributed by atoms with Gasteiger partial charge in [0.05, 0.1) is 22.3 Å². The molecule has 1 fully saturated rings. The Morgan fingerprint density at radius 3 is 2.35 bits per heavy atom. The molecule has 0 radical (unpaired) electrons. The minimum atomic E-state index is -0.187. The van der Waals surface area contributed by atoms with E-state index < -0.39 is 0 Å². The largest absolute Gasteiger partial charge is 0.335 e. The molecule has 0 saturated carbocycles. The SMILES string of the molecule is O=C(CN1CCN(C(=O)c2sc3cc(Cl)ccc3c2Cl)CC1)Nc1cc(Cl)ccc1Cl. The highest BCUT2D eigenvalue weighted by atomic mass is 35.5. The molecule has 1 aliphatic heterocycles. The third kappa shape index (κ3) is 5.11. The summed E-state index contributed by atoms with van der Waals surface area (Å²) in [5.74, 6) is -0.287. The van der Waals surface area contributed by atoms with Gasteiger partial charge in [-0.2, -0.15) is 0 Å². The Kier molecular flexibility index (Phi) is 6.96. The summed E-state index contributed by atoms with van der Waals surface area (Å²) in [5.41, 5.74) is 0.479. The third-order valence-corrected chi connectivity index (χ3v) is 7.46. The molecule has 1 aliphatic rings. The molecular weight excluding hydrogens is 500 g/mol. The Morgan fingerprint density at radius 2 is 1.61 bits per heavy atom. The van der Waals surface area contributed by atoms with E-state index in [1.807, 2.05) is 17.0 Å². The summed E-state index contributed by atoms with van der Waals surface area (Å²) < 4.78 is 0.885. The van der Waals surface area contributed by atoms with Crippen molar-refractivity contribution in [1.29, 1.82) is 0 Å². The van der Waals surface area contributed by atoms with E-state index in [1.54, 1.807) is 29.2 Å². The second kappa shape index (κ2) is 9.53. The Morgan fingerprint density at radius 1 is 0.935 bits per heavy atom. The molecule has 5 nitrogen and oxygen atoms in total. The normalized spacial score (nSPS) is 14.8. The molecule has 4 rings (SSSR count). The van der Waals surface area contributed by atoms with Gasteiger partial charge in [0, 0.05) is 46.3 Å². The quantitative estimate of drug-likeness (QED) is 0.468. The van der Waals surface area contributed by atoms with Crippen molar-refractivity contribution in [2.24, 2.45) is 0 Å². The van der Waals surface area contributed by atoms with Crippen LogP contribution < -0.4 is 5.32 Å². The van der Waals surface area contributed by atoms with Crippen LogP contribution in [-0.2, 0) is 4.79 Å². The van der Waals surface area contributed by atoms with E-state index in [0.717, 1.165) is 10.1 Å². The summed E-state index contributed by atoms with van der Waals surface area (Å²) in [7, 11) is 0. The first-order valence-corrected chi connectivity index (χ1v) is 11.8. The Labute approximate surface area is 203 Å². The maximum absolute atomic E-state index is 13.0. The van der Waals surface area contributed by atoms with Crippen molar-refractivity contribution in [1.82, 2.24) is 9.80 Å². The summed E-state index contributed by atoms with van der Waals surface area (Å²) in [6.07, 6.45) is 0. The lowest BCUT2D eigenvalue weighted by molar-refractivity contribution is -0.117. The number of hydrogen-bond acceptors (Lipinski definition) is 4. The monoisotopic (exact) mass is 515 g/mol. The van der Waals surface area contributed by atoms with E-state index in [9.17, 15) is 9.59 Å². The average molecular weight is 517 g/mol. The number of piperazine rings is 1. The van der Waals surface area contributed by atoms with Crippen LogP contribution in [0.25, 0.3) is 10.1 Å². The molecule has 162 valence electrons. The summed E-state index contributed by atoms with van der Waals surface area (Å²) in [6.45, 7) is 2.38. The van der Waals surface area contributed by atoms with E-state index in [1.165, 1.54) is 11.3 Å². The first-order valence-electron chi connectivity index (χ1n) is 9.46. The number of fused-ring (bicyclic) bond motifs is 1. The molecule has 1 saturated heterocycles. The molecule has 0 atom stereocenters. The fourth-order valence-corrected chi connectivity index (χ4v) is 5.51. The molecule has 0 spiro atoms. The molecule has 2 heterocycles. The van der Waals surface area contributed by atoms with Crippen LogP contribution in [-0.4, -0.2) is 54.3 Å². The van der Waals surface area contributed by atoms with Gasteiger partial charge in [-0.05, 0) is 30.3 Å². The number of nitrogens with one attached hydrogen (secondary N) is 1. The first-order chi connectivity index (χ1) is 14.8. The Bertz CT molecular complexity index is 1160. The number of thiophene rings is 1. The highest BCUT2D eigenvalue weighted by Crippen LogP contribution is 2.37. The fraction of sp³-hybridized carbons (Fsp3) is 0.238. The lowest BCUT2D eigenvalue weighted by Crippen LogP contribution is -2.50. The summed E-state index contributed by atoms with van der Waals surface area (Å²) >= 11 is 25.9. The number of rotatable bonds is 4. The van der Waals surface area contributed by atoms with E-state index in [-0.39, 0.29) is 18.4 Å². The van der Waals surface area contributed by atoms with E-state index in [4.69, 9.17) is 46.4 Å². The first kappa shape index (κ1) is 22.6. The Balaban J connectivity index is 1.35. The standard InChI is InChI=1S/C21H17Cl4N3O2S/c22-12-2-4-15(24)16(9-12)26-18(29)11-27-5-7-28(8-6-27)21(30)20-19(25)14-3-1-13(23)10-17(14)31-20/h1-4,9-10H,5-8,11H2,(H,26,29). The third-order valence-electron chi connectivity index (χ3n) is 5.01. The van der Waals surface area contributed by atoms with Crippen LogP contribution in [0.15, 0.2) is 36.4 Å². The summed E-state index contributed by atoms with van der Waals surface area (Å²) in [5, 5.41) is 5.60. The average Bonchev–Trinajstić information content (AvgIpc) is 3.06. The zero-order valence-corrected chi connectivity index (χ0v) is 20.0. The maximum Gasteiger partial charge on any atom is 0.265 e. The van der Waals surface area contributed by atoms with Crippen LogP contribution in [0.3, 0.4) is 0 Å². The number of nitrogens with zero attached hydrogens (tertiary/aromatic N) is 2. The Hall–Kier alpha value is -1.54. The van der Waals surface area contributed by atoms with Gasteiger partial charge in [0.2, 0.25) is 5.91 Å². The van der Waals surface area contributed by atoms with Crippen LogP contribution in [0.2, 0.25) is 20.1 Å². The molecule has 3 aromatic rings. The zero-order chi connectivity index (χ0) is 22.1. The summed E-state index contributed by atoms with van der Waals surface area (Å²) in [4.78, 5) is 29.7. The van der Waals surface area contributed by atoms with Crippen molar-refractivity contribution in [2.75, 3.05) is 38.0 Å². The topological polar surface area (TPSA) is 52.7 Å². The lowest BCUT2D eigenvalue weighted by atomic mass is 10.2. The van der Waals surface area contributed by atoms with Crippen molar-refractivity contribution < 1.29 is 9.59 Å². The lowest BCUT2D eigenvalue weighted by Gasteiger charge is -2.34. The highest BCUT2D eigenvalue weighted by Gasteiger charge is 2.27. The maximum atomic E-state index is 13.0. The van der Waals surface area contributed by atoms with Gasteiger partial charge < -0.3 is 10.2 Å². The number of anilines is 1. The van der Waals surface area contributed by atoms with Gasteiger partial charge in [-0.3, -0.25) is 14.5 Å². The molecular formula is C21H17Cl4N3O2S. The number of carbonyl (C=O) groups is 2. The molecule has 0 bridgehead atoms. The molecule has 0 unspecified atom stereocenters. The van der Waals surface area contributed by atoms with Gasteiger partial charge in [-0.1, -0.05) is 52.5 Å². The van der Waals surface area contributed by atoms with Crippen LogP contribution >= 0.6 is 57.7 Å². The molecule has 10 heteroatoms. The number of benzene rings is 2. The molecule has 0 aliphatic carbocycles. The van der Waals surface area contributed by atoms with Gasteiger partial charge >= 0.3 is 0 Å². The molecule has 2 amide bonds. The minimum Gasteiger partial charge on any atom is -0.335 e. The summed E-state index contributed by atoms with van der Waals surface area (Å²) in [6, 6.07) is 10.3. The zero-order valence-electron chi connectivity index (χ0n) is 16.1. The second-order valence-electron chi connectivity index (χ2n) is 7.13. The minimum absolute atomic E-state index is 0.0999. The van der Waals surface area contributed by atoms with E-state index in [0.29, 0.717) is 56.8 Å². The molecule has 1 N–H and O–H groups in total. The number of amides is 2. The van der Waals surface area contributed by atoms with Gasteiger partial charge in [0.1, 0.15) is 4.88 Å². The van der Waals surface area contributed by atoms with Crippen LogP contribution in [0.1, 0.15) is 9.67 Å². The van der Waals surface area contributed by atoms with Crippen molar-refractivity contribution in [2.45, 2.75) is 0 Å². The number of hydrogen-bond donors (Lipinski definition) is 1. The van der Waals surface area contributed by atoms with Gasteiger partial charge in [-0.15, -0.1) is 11.3 Å². The van der Waals surface area contributed by atoms with Crippen LogP contribution in [0.4, 0.5) is 5.69 Å². The van der Waals surface area contributed by atoms with Gasteiger partial charge in [-0.25, -0.2) is 0 Å². The van der Waals surface area contributed by atoms with E-state index >= 15 is 0 Å². The van der Waals surface area contributed by atoms with Crippen molar-refractivity contribution >= 4 is 85.3 Å². The van der Waals surface area contributed by atoms with E-state index in [2.05, 4.69) is 5.32 Å². The van der Waals surface area contributed by atoms with Crippen molar-refractivity contribution in [3.63, 3.8) is 0 Å². The molecule has 2 aromatic carbocycles. The number of carbonyl (C=O) groups excluding carboxylic acids is 2. The smallest absolute Gasteiger partial charge is 0.265 e. The second-order valence-corrected chi connectivity index (χ2v) is 9.84. The number of halogens is 4. The molecule has 1 aromatic heterocycles. The van der Waals surface area contributed by atoms with Crippen LogP contribution in [0, 0.1) is 0 Å². The van der Waals surface area contributed by atoms with Crippen molar-refractivity contribution in [3.05, 3.63) is 61.4 Å². The van der Waals surface area contributed by atoms with Crippen molar-refractivity contribution in [3.8, 4) is 0 Å². The predicted molar refractivity (Wildman–Crippen MR) is 129 cm³/mol. The highest BCUT2D eigenvalue weighted by molar-refractivity contribution is 7.21. The fourth-order valence-electron chi connectivity index (χ4n) is 3.42. The van der Waals surface area contributed by atoms with Gasteiger partial charge in [0.15, 0.2) is 0 Å². The van der Waals surface area contributed by atoms with Gasteiger partial charge in [0.25, 0.3) is 5.91 Å². The predicted octanol–water partition coefficient (Wildman–Crippen LogP) is 5.91. The van der Waals surface area contributed by atoms with Crippen LogP contribution in [0.5, 0.6) is 0 Å². The molecule has 31 heavy (non-hydrogen) atoms.